The maximum Gasteiger partial charge on any atom is 0.161 e. The first-order valence-corrected chi connectivity index (χ1v) is 48.8. The summed E-state index contributed by atoms with van der Waals surface area (Å²) < 4.78 is 25.4. The van der Waals surface area contributed by atoms with E-state index in [-0.39, 0.29) is 0 Å². The van der Waals surface area contributed by atoms with Crippen molar-refractivity contribution in [1.29, 1.82) is 0 Å². The zero-order valence-corrected chi connectivity index (χ0v) is 79.5. The van der Waals surface area contributed by atoms with Crippen molar-refractivity contribution in [1.82, 2.24) is 59.8 Å². The van der Waals surface area contributed by atoms with Gasteiger partial charge in [-0.15, -0.1) is 0 Å². The van der Waals surface area contributed by atoms with Gasteiger partial charge in [-0.05, 0) is 139 Å². The Balaban J connectivity index is 0.000000103. The summed E-state index contributed by atoms with van der Waals surface area (Å²) in [5.41, 5.74) is 33.0. The van der Waals surface area contributed by atoms with E-state index in [4.69, 9.17) is 57.5 Å². The smallest absolute Gasteiger partial charge is 0.161 e. The molecule has 0 aliphatic heterocycles. The number of rotatable bonds is 16. The Hall–Kier alpha value is -20.4. The highest BCUT2D eigenvalue weighted by Gasteiger charge is 2.25. The topological polar surface area (TPSA) is 207 Å². The van der Waals surface area contributed by atoms with E-state index in [1.165, 1.54) is 0 Å². The second-order valence-corrected chi connectivity index (χ2v) is 35.6. The Morgan fingerprint density at radius 1 is 0.128 bits per heavy atom. The van der Waals surface area contributed by atoms with Crippen LogP contribution in [-0.4, -0.2) is 59.8 Å². The van der Waals surface area contributed by atoms with Gasteiger partial charge in [0.05, 0.1) is 62.6 Å². The minimum absolute atomic E-state index is 0.644. The molecule has 16 aromatic carbocycles. The maximum atomic E-state index is 6.35. The summed E-state index contributed by atoms with van der Waals surface area (Å²) in [6.07, 6.45) is 9.03. The molecule has 0 aliphatic carbocycles. The second-order valence-electron chi connectivity index (χ2n) is 35.6. The highest BCUT2D eigenvalue weighted by molar-refractivity contribution is 6.13. The Bertz CT molecular complexity index is 9440. The van der Waals surface area contributed by atoms with Crippen molar-refractivity contribution in [2.45, 2.75) is 0 Å². The average molecular weight is 1900 g/mol. The lowest BCUT2D eigenvalue weighted by atomic mass is 9.99. The number of benzene rings is 16. The lowest BCUT2D eigenvalue weighted by Crippen LogP contribution is -1.98. The summed E-state index contributed by atoms with van der Waals surface area (Å²) in [7, 11) is 0. The van der Waals surface area contributed by atoms with E-state index in [2.05, 4.69) is 232 Å². The van der Waals surface area contributed by atoms with Gasteiger partial charge in [0.15, 0.2) is 23.3 Å². The van der Waals surface area contributed by atoms with Gasteiger partial charge in [0.1, 0.15) is 44.7 Å². The molecule has 0 unspecified atom stereocenters. The molecule has 0 fully saturated rings. The van der Waals surface area contributed by atoms with E-state index >= 15 is 0 Å². The van der Waals surface area contributed by atoms with Crippen LogP contribution in [0.3, 0.4) is 0 Å². The molecule has 0 N–H and O–H groups in total. The summed E-state index contributed by atoms with van der Waals surface area (Å²) in [6, 6.07) is 161. The molecule has 148 heavy (non-hydrogen) atoms. The number of furan rings is 4. The lowest BCUT2D eigenvalue weighted by molar-refractivity contribution is 0.669. The molecular weight excluding hydrogens is 1820 g/mol. The van der Waals surface area contributed by atoms with Crippen LogP contribution < -0.4 is 0 Å². The quantitative estimate of drug-likeness (QED) is 0.0881. The normalized spacial score (nSPS) is 11.2. The van der Waals surface area contributed by atoms with E-state index in [1.54, 1.807) is 31.0 Å². The predicted molar refractivity (Wildman–Crippen MR) is 595 cm³/mol. The van der Waals surface area contributed by atoms with Crippen LogP contribution in [0.4, 0.5) is 0 Å². The summed E-state index contributed by atoms with van der Waals surface area (Å²) in [5, 5.41) is 8.69. The van der Waals surface area contributed by atoms with Gasteiger partial charge in [-0.1, -0.05) is 352 Å². The van der Waals surface area contributed by atoms with Crippen LogP contribution in [0.25, 0.3) is 268 Å². The fourth-order valence-corrected chi connectivity index (χ4v) is 19.2. The van der Waals surface area contributed by atoms with Gasteiger partial charge in [0.2, 0.25) is 0 Å². The SMILES string of the molecule is c1ccc(-c2cc(-c3cccc4c3oc3ccccc34)nc(-c3ccc(-c4ccccn4)cc3)n2)cc1.c1ccc(-c2cc(-c3cccc4c3oc3ccccc34)nc(-c3cccc(-c4ccccn4)c3)n2)cc1.c1ccc(-c2cc(-c3cccc4c3oc3ccccc34)nc(-c3ccccc3-c3ccccn3)n2)cc1.c1ccc(-c2cc(-c3cccc4c3oc3ccccc34)nc(-c3ccccc3-c3ccncc3)n2)cc1. The van der Waals surface area contributed by atoms with Crippen molar-refractivity contribution < 1.29 is 17.7 Å². The molecule has 0 saturated heterocycles. The summed E-state index contributed by atoms with van der Waals surface area (Å²) in [4.78, 5) is 58.1. The molecule has 12 heterocycles. The molecule has 16 heteroatoms. The minimum Gasteiger partial charge on any atom is -0.455 e. The second kappa shape index (κ2) is 40.0. The number of hydrogen-bond acceptors (Lipinski definition) is 16. The van der Waals surface area contributed by atoms with Gasteiger partial charge in [-0.3, -0.25) is 19.9 Å². The molecular formula is C132H84N12O4. The largest absolute Gasteiger partial charge is 0.455 e. The van der Waals surface area contributed by atoms with Crippen LogP contribution in [0, 0.1) is 0 Å². The molecule has 0 amide bonds. The number of hydrogen-bond donors (Lipinski definition) is 0. The monoisotopic (exact) mass is 1900 g/mol. The van der Waals surface area contributed by atoms with Gasteiger partial charge in [-0.25, -0.2) is 39.9 Å². The predicted octanol–water partition coefficient (Wildman–Crippen LogP) is 33.8. The molecule has 28 rings (SSSR count). The van der Waals surface area contributed by atoms with Gasteiger partial charge in [-0.2, -0.15) is 0 Å². The number of nitrogens with zero attached hydrogens (tertiary/aromatic N) is 12. The van der Waals surface area contributed by atoms with E-state index in [0.717, 1.165) is 245 Å². The van der Waals surface area contributed by atoms with Crippen LogP contribution in [0.1, 0.15) is 0 Å². The Morgan fingerprint density at radius 3 is 0.764 bits per heavy atom. The van der Waals surface area contributed by atoms with Crippen LogP contribution in [-0.2, 0) is 0 Å². The molecule has 696 valence electrons. The zero-order chi connectivity index (χ0) is 98.4. The van der Waals surface area contributed by atoms with Crippen LogP contribution in [0.5, 0.6) is 0 Å². The van der Waals surface area contributed by atoms with Crippen molar-refractivity contribution in [3.8, 4) is 181 Å². The molecule has 0 aliphatic rings. The first-order chi connectivity index (χ1) is 73.4. The van der Waals surface area contributed by atoms with Crippen molar-refractivity contribution in [2.75, 3.05) is 0 Å². The molecule has 0 bridgehead atoms. The molecule has 28 aromatic rings. The van der Waals surface area contributed by atoms with E-state index < -0.39 is 0 Å². The van der Waals surface area contributed by atoms with E-state index in [9.17, 15) is 0 Å². The van der Waals surface area contributed by atoms with Gasteiger partial charge in [0, 0.05) is 158 Å². The fourth-order valence-electron chi connectivity index (χ4n) is 19.2. The molecule has 16 nitrogen and oxygen atoms in total. The zero-order valence-electron chi connectivity index (χ0n) is 79.5. The first-order valence-electron chi connectivity index (χ1n) is 48.8. The van der Waals surface area contributed by atoms with Crippen LogP contribution >= 0.6 is 0 Å². The molecule has 0 atom stereocenters. The Labute approximate surface area is 850 Å². The maximum absolute atomic E-state index is 6.35. The third kappa shape index (κ3) is 18.0. The van der Waals surface area contributed by atoms with E-state index in [0.29, 0.717) is 23.3 Å². The van der Waals surface area contributed by atoms with Gasteiger partial charge < -0.3 is 17.7 Å². The van der Waals surface area contributed by atoms with Crippen molar-refractivity contribution in [3.05, 3.63) is 510 Å². The standard InChI is InChI=1S/4C33H21N3O/c1-2-10-22(11-3-1)29-21-30(27-16-9-15-26-25-14-4-5-18-31(25)37-32(26)27)36-33(35-29)24-13-8-12-23(20-24)28-17-6-7-19-34-28;1-2-11-22(12-3-1)29-21-30(27-17-10-16-25-24-14-6-7-19-31(24)37-32(25)27)36-33(35-29)26-15-5-4-13-23(26)28-18-8-9-20-34-28;1-2-9-22(10-3-1)29-21-30(27-13-8-12-26-25-11-4-5-15-31(25)37-32(26)27)36-33(35-29)24-18-16-23(17-19-24)28-14-6-7-20-34-28;1-2-9-23(10-3-1)29-21-30(28-15-8-14-26-25-12-6-7-16-31(25)37-32(26)28)36-33(35-29)27-13-5-4-11-24(27)22-17-19-34-20-18-22/h4*1-21H. The molecule has 0 saturated carbocycles. The van der Waals surface area contributed by atoms with Gasteiger partial charge >= 0.3 is 0 Å². The number of para-hydroxylation sites is 8. The Kier molecular flexibility index (Phi) is 24.0. The number of fused-ring (bicyclic) bond motifs is 12. The van der Waals surface area contributed by atoms with Crippen LogP contribution in [0.15, 0.2) is 528 Å². The summed E-state index contributed by atoms with van der Waals surface area (Å²) >= 11 is 0. The third-order valence-electron chi connectivity index (χ3n) is 26.4. The highest BCUT2D eigenvalue weighted by atomic mass is 16.3. The highest BCUT2D eigenvalue weighted by Crippen LogP contribution is 2.45. The minimum atomic E-state index is 0.644. The van der Waals surface area contributed by atoms with Crippen molar-refractivity contribution >= 4 is 87.8 Å². The number of aromatic nitrogens is 12. The van der Waals surface area contributed by atoms with Gasteiger partial charge in [0.25, 0.3) is 0 Å². The summed E-state index contributed by atoms with van der Waals surface area (Å²) in [5.74, 6) is 2.63. The molecule has 12 aromatic heterocycles. The lowest BCUT2D eigenvalue weighted by Gasteiger charge is -2.12. The third-order valence-corrected chi connectivity index (χ3v) is 26.4. The first kappa shape index (κ1) is 89.0. The molecule has 0 spiro atoms. The van der Waals surface area contributed by atoms with Crippen molar-refractivity contribution in [3.63, 3.8) is 0 Å². The van der Waals surface area contributed by atoms with Crippen LogP contribution in [0.2, 0.25) is 0 Å². The number of pyridine rings is 4. The Morgan fingerprint density at radius 2 is 0.385 bits per heavy atom. The van der Waals surface area contributed by atoms with Crippen molar-refractivity contribution in [2.24, 2.45) is 0 Å². The fraction of sp³-hybridized carbons (Fsp3) is 0. The average Bonchev–Trinajstić information content (AvgIpc) is 1.58. The summed E-state index contributed by atoms with van der Waals surface area (Å²) in [6.45, 7) is 0. The molecule has 0 radical (unpaired) electrons. The van der Waals surface area contributed by atoms with E-state index in [1.807, 2.05) is 267 Å².